The fraction of sp³-hybridized carbons (Fsp3) is 0.167. The van der Waals surface area contributed by atoms with E-state index in [9.17, 15) is 4.79 Å². The molecule has 0 bridgehead atoms. The first-order valence-corrected chi connectivity index (χ1v) is 9.30. The molecule has 4 nitrogen and oxygen atoms in total. The molecule has 1 fully saturated rings. The molecule has 3 aromatic rings. The molecule has 0 radical (unpaired) electrons. The zero-order valence-corrected chi connectivity index (χ0v) is 15.4. The minimum Gasteiger partial charge on any atom is -0.489 e. The Kier molecular flexibility index (Phi) is 5.07. The van der Waals surface area contributed by atoms with Gasteiger partial charge in [0.05, 0.1) is 11.6 Å². The fourth-order valence-electron chi connectivity index (χ4n) is 3.52. The molecule has 0 saturated carbocycles. The molecule has 0 aliphatic carbocycles. The summed E-state index contributed by atoms with van der Waals surface area (Å²) in [6, 6.07) is 27.4. The van der Waals surface area contributed by atoms with Crippen LogP contribution in [0.3, 0.4) is 0 Å². The van der Waals surface area contributed by atoms with Crippen LogP contribution in [0.25, 0.3) is 0 Å². The summed E-state index contributed by atoms with van der Waals surface area (Å²) in [7, 11) is 0. The molecule has 0 N–H and O–H groups in total. The van der Waals surface area contributed by atoms with Crippen molar-refractivity contribution in [2.75, 3.05) is 11.4 Å². The van der Waals surface area contributed by atoms with Crippen molar-refractivity contribution in [1.29, 1.82) is 5.26 Å². The largest absolute Gasteiger partial charge is 0.489 e. The Labute approximate surface area is 164 Å². The van der Waals surface area contributed by atoms with Gasteiger partial charge in [0, 0.05) is 24.6 Å². The van der Waals surface area contributed by atoms with E-state index in [1.165, 1.54) is 0 Å². The van der Waals surface area contributed by atoms with Crippen LogP contribution in [-0.4, -0.2) is 12.5 Å². The van der Waals surface area contributed by atoms with Crippen molar-refractivity contribution < 1.29 is 9.53 Å². The molecule has 1 saturated heterocycles. The average Bonchev–Trinajstić information content (AvgIpc) is 3.15. The molecule has 1 unspecified atom stereocenters. The summed E-state index contributed by atoms with van der Waals surface area (Å²) in [6.07, 6.45) is 0.457. The fourth-order valence-corrected chi connectivity index (χ4v) is 3.52. The highest BCUT2D eigenvalue weighted by molar-refractivity contribution is 5.96. The summed E-state index contributed by atoms with van der Waals surface area (Å²) in [5.41, 5.74) is 3.55. The quantitative estimate of drug-likeness (QED) is 0.658. The second-order valence-corrected chi connectivity index (χ2v) is 6.91. The monoisotopic (exact) mass is 368 g/mol. The van der Waals surface area contributed by atoms with E-state index < -0.39 is 0 Å². The standard InChI is InChI=1S/C24H20N2O2/c25-15-19-8-4-10-22(12-19)26-16-21(14-24(26)27)20-9-5-11-23(13-20)28-17-18-6-2-1-3-7-18/h1-13,21H,14,16-17H2. The molecule has 1 aliphatic heterocycles. The molecule has 138 valence electrons. The number of anilines is 1. The van der Waals surface area contributed by atoms with Gasteiger partial charge in [0.15, 0.2) is 0 Å². The maximum Gasteiger partial charge on any atom is 0.227 e. The van der Waals surface area contributed by atoms with Gasteiger partial charge in [0.2, 0.25) is 5.91 Å². The van der Waals surface area contributed by atoms with E-state index in [4.69, 9.17) is 10.00 Å². The van der Waals surface area contributed by atoms with E-state index in [2.05, 4.69) is 6.07 Å². The van der Waals surface area contributed by atoms with Gasteiger partial charge < -0.3 is 9.64 Å². The van der Waals surface area contributed by atoms with Crippen LogP contribution in [0, 0.1) is 11.3 Å². The normalized spacial score (nSPS) is 16.0. The van der Waals surface area contributed by atoms with Crippen molar-refractivity contribution in [3.63, 3.8) is 0 Å². The third kappa shape index (κ3) is 3.89. The van der Waals surface area contributed by atoms with E-state index in [0.29, 0.717) is 25.1 Å². The molecule has 1 atom stereocenters. The van der Waals surface area contributed by atoms with Crippen LogP contribution in [0.5, 0.6) is 5.75 Å². The van der Waals surface area contributed by atoms with Crippen molar-refractivity contribution in [2.45, 2.75) is 18.9 Å². The molecule has 4 rings (SSSR count). The van der Waals surface area contributed by atoms with Crippen molar-refractivity contribution in [3.05, 3.63) is 95.6 Å². The van der Waals surface area contributed by atoms with Gasteiger partial charge in [-0.2, -0.15) is 5.26 Å². The van der Waals surface area contributed by atoms with Gasteiger partial charge in [0.1, 0.15) is 12.4 Å². The Bertz CT molecular complexity index is 1020. The van der Waals surface area contributed by atoms with Gasteiger partial charge in [-0.25, -0.2) is 0 Å². The minimum absolute atomic E-state index is 0.0793. The second-order valence-electron chi connectivity index (χ2n) is 6.91. The minimum atomic E-state index is 0.0793. The van der Waals surface area contributed by atoms with E-state index in [-0.39, 0.29) is 11.8 Å². The smallest absolute Gasteiger partial charge is 0.227 e. The van der Waals surface area contributed by atoms with Gasteiger partial charge in [-0.15, -0.1) is 0 Å². The number of hydrogen-bond acceptors (Lipinski definition) is 3. The number of amides is 1. The summed E-state index contributed by atoms with van der Waals surface area (Å²) >= 11 is 0. The van der Waals surface area contributed by atoms with Gasteiger partial charge in [0.25, 0.3) is 0 Å². The molecule has 4 heteroatoms. The van der Waals surface area contributed by atoms with Crippen LogP contribution in [0.15, 0.2) is 78.9 Å². The second kappa shape index (κ2) is 7.98. The van der Waals surface area contributed by atoms with Crippen LogP contribution in [0.2, 0.25) is 0 Å². The molecule has 1 heterocycles. The summed E-state index contributed by atoms with van der Waals surface area (Å²) in [6.45, 7) is 1.12. The van der Waals surface area contributed by atoms with E-state index >= 15 is 0 Å². The summed E-state index contributed by atoms with van der Waals surface area (Å²) in [5.74, 6) is 0.993. The topological polar surface area (TPSA) is 53.3 Å². The predicted molar refractivity (Wildman–Crippen MR) is 108 cm³/mol. The van der Waals surface area contributed by atoms with Crippen molar-refractivity contribution >= 4 is 11.6 Å². The molecular formula is C24H20N2O2. The lowest BCUT2D eigenvalue weighted by molar-refractivity contribution is -0.117. The number of benzene rings is 3. The Morgan fingerprint density at radius 2 is 1.82 bits per heavy atom. The Balaban J connectivity index is 1.47. The van der Waals surface area contributed by atoms with Crippen LogP contribution in [-0.2, 0) is 11.4 Å². The maximum atomic E-state index is 12.6. The number of nitrogens with zero attached hydrogens (tertiary/aromatic N) is 2. The number of hydrogen-bond donors (Lipinski definition) is 0. The van der Waals surface area contributed by atoms with Gasteiger partial charge in [-0.1, -0.05) is 48.5 Å². The Hall–Kier alpha value is -3.58. The third-order valence-corrected chi connectivity index (χ3v) is 4.99. The van der Waals surface area contributed by atoms with Gasteiger partial charge >= 0.3 is 0 Å². The molecule has 0 aromatic heterocycles. The molecule has 1 aliphatic rings. The lowest BCUT2D eigenvalue weighted by atomic mass is 9.98. The molecule has 28 heavy (non-hydrogen) atoms. The van der Waals surface area contributed by atoms with E-state index in [1.54, 1.807) is 17.0 Å². The van der Waals surface area contributed by atoms with E-state index in [0.717, 1.165) is 22.6 Å². The van der Waals surface area contributed by atoms with Crippen LogP contribution in [0.4, 0.5) is 5.69 Å². The Morgan fingerprint density at radius 3 is 2.64 bits per heavy atom. The number of rotatable bonds is 5. The lowest BCUT2D eigenvalue weighted by Crippen LogP contribution is -2.24. The van der Waals surface area contributed by atoms with Crippen molar-refractivity contribution in [2.24, 2.45) is 0 Å². The summed E-state index contributed by atoms with van der Waals surface area (Å²) in [4.78, 5) is 14.3. The molecule has 3 aromatic carbocycles. The third-order valence-electron chi connectivity index (χ3n) is 4.99. The van der Waals surface area contributed by atoms with Gasteiger partial charge in [-0.05, 0) is 41.5 Å². The highest BCUT2D eigenvalue weighted by atomic mass is 16.5. The molecule has 0 spiro atoms. The van der Waals surface area contributed by atoms with Crippen LogP contribution < -0.4 is 9.64 Å². The summed E-state index contributed by atoms with van der Waals surface area (Å²) in [5, 5.41) is 9.10. The van der Waals surface area contributed by atoms with E-state index in [1.807, 2.05) is 66.7 Å². The number of carbonyl (C=O) groups is 1. The first kappa shape index (κ1) is 17.8. The highest BCUT2D eigenvalue weighted by Gasteiger charge is 2.31. The first-order valence-electron chi connectivity index (χ1n) is 9.30. The Morgan fingerprint density at radius 1 is 1.00 bits per heavy atom. The maximum absolute atomic E-state index is 12.6. The van der Waals surface area contributed by atoms with Crippen LogP contribution >= 0.6 is 0 Å². The van der Waals surface area contributed by atoms with Crippen molar-refractivity contribution in [1.82, 2.24) is 0 Å². The first-order chi connectivity index (χ1) is 13.7. The molecule has 1 amide bonds. The number of ether oxygens (including phenoxy) is 1. The number of carbonyl (C=O) groups excluding carboxylic acids is 1. The SMILES string of the molecule is N#Cc1cccc(N2CC(c3cccc(OCc4ccccc4)c3)CC2=O)c1. The number of nitriles is 1. The summed E-state index contributed by atoms with van der Waals surface area (Å²) < 4.78 is 5.93. The highest BCUT2D eigenvalue weighted by Crippen LogP contribution is 2.33. The molecular weight excluding hydrogens is 348 g/mol. The van der Waals surface area contributed by atoms with Gasteiger partial charge in [-0.3, -0.25) is 4.79 Å². The predicted octanol–water partition coefficient (Wildman–Crippen LogP) is 4.66. The lowest BCUT2D eigenvalue weighted by Gasteiger charge is -2.17. The zero-order valence-electron chi connectivity index (χ0n) is 15.4. The average molecular weight is 368 g/mol. The zero-order chi connectivity index (χ0) is 19.3. The van der Waals surface area contributed by atoms with Crippen LogP contribution in [0.1, 0.15) is 29.0 Å². The van der Waals surface area contributed by atoms with Crippen molar-refractivity contribution in [3.8, 4) is 11.8 Å².